The van der Waals surface area contributed by atoms with E-state index in [-0.39, 0.29) is 25.0 Å². The minimum Gasteiger partial charge on any atom is -0.493 e. The zero-order chi connectivity index (χ0) is 27.3. The van der Waals surface area contributed by atoms with Crippen molar-refractivity contribution in [2.45, 2.75) is 40.0 Å². The van der Waals surface area contributed by atoms with Crippen LogP contribution in [0.2, 0.25) is 10.0 Å². The molecule has 0 radical (unpaired) electrons. The van der Waals surface area contributed by atoms with Crippen LogP contribution in [0.3, 0.4) is 0 Å². The largest absolute Gasteiger partial charge is 0.493 e. The van der Waals surface area contributed by atoms with Crippen molar-refractivity contribution < 1.29 is 22.7 Å². The Hall–Kier alpha value is -1.67. The molecule has 0 saturated heterocycles. The number of alkyl halides is 1. The van der Waals surface area contributed by atoms with E-state index in [9.17, 15) is 13.2 Å². The highest BCUT2D eigenvalue weighted by Crippen LogP contribution is 2.41. The molecule has 0 bridgehead atoms. The molecule has 6 nitrogen and oxygen atoms in total. The van der Waals surface area contributed by atoms with Gasteiger partial charge in [0.25, 0.3) is 0 Å². The van der Waals surface area contributed by atoms with Gasteiger partial charge in [0.15, 0.2) is 5.75 Å². The normalized spacial score (nSPS) is 13.7. The van der Waals surface area contributed by atoms with Crippen LogP contribution < -0.4 is 9.47 Å². The molecule has 10 heteroatoms. The Morgan fingerprint density at radius 1 is 0.972 bits per heavy atom. The summed E-state index contributed by atoms with van der Waals surface area (Å²) in [7, 11) is -3.61. The maximum Gasteiger partial charge on any atom is 0.234 e. The minimum atomic E-state index is -3.61. The molecule has 2 rings (SSSR count). The topological polar surface area (TPSA) is 72.9 Å². The van der Waals surface area contributed by atoms with E-state index >= 15 is 0 Å². The number of ether oxygens (including phenoxy) is 2. The second-order valence-corrected chi connectivity index (χ2v) is 12.7. The van der Waals surface area contributed by atoms with Gasteiger partial charge < -0.3 is 9.47 Å². The molecule has 0 heterocycles. The fraction of sp³-hybridized carbons (Fsp3) is 0.500. The van der Waals surface area contributed by atoms with Crippen LogP contribution in [0.1, 0.15) is 45.7 Å². The smallest absolute Gasteiger partial charge is 0.234 e. The lowest BCUT2D eigenvalue weighted by Crippen LogP contribution is -2.38. The van der Waals surface area contributed by atoms with Gasteiger partial charge in [-0.3, -0.25) is 4.79 Å². The van der Waals surface area contributed by atoms with Gasteiger partial charge in [-0.25, -0.2) is 12.7 Å². The number of benzene rings is 2. The van der Waals surface area contributed by atoms with E-state index in [1.165, 1.54) is 6.92 Å². The maximum absolute atomic E-state index is 11.8. The third-order valence-electron chi connectivity index (χ3n) is 5.84. The molecule has 0 fully saturated rings. The predicted molar refractivity (Wildman–Crippen MR) is 147 cm³/mol. The Balaban J connectivity index is 2.10. The summed E-state index contributed by atoms with van der Waals surface area (Å²) in [6.45, 7) is 9.94. The number of rotatable bonds is 12. The average Bonchev–Trinajstić information content (AvgIpc) is 2.79. The highest BCUT2D eigenvalue weighted by atomic mass is 35.5. The van der Waals surface area contributed by atoms with Crippen LogP contribution in [0.4, 0.5) is 0 Å². The van der Waals surface area contributed by atoms with Crippen LogP contribution in [0.25, 0.3) is 0 Å². The maximum atomic E-state index is 11.8. The van der Waals surface area contributed by atoms with Crippen molar-refractivity contribution in [3.63, 3.8) is 0 Å². The third kappa shape index (κ3) is 8.17. The van der Waals surface area contributed by atoms with Gasteiger partial charge in [0.05, 0.1) is 29.5 Å². The van der Waals surface area contributed by atoms with Crippen molar-refractivity contribution in [1.29, 1.82) is 0 Å². The number of halogens is 3. The van der Waals surface area contributed by atoms with Gasteiger partial charge in [-0.15, -0.1) is 11.6 Å². The van der Waals surface area contributed by atoms with Crippen LogP contribution in [0, 0.1) is 11.8 Å². The van der Waals surface area contributed by atoms with Crippen molar-refractivity contribution >= 4 is 50.7 Å². The molecule has 200 valence electrons. The van der Waals surface area contributed by atoms with E-state index in [1.54, 1.807) is 0 Å². The molecule has 2 aromatic carbocycles. The molecular formula is C26H34Cl3NO5S. The van der Waals surface area contributed by atoms with Crippen molar-refractivity contribution in [3.8, 4) is 11.5 Å². The third-order valence-corrected chi connectivity index (χ3v) is 8.13. The molecule has 0 saturated carbocycles. The molecule has 0 aliphatic heterocycles. The Morgan fingerprint density at radius 3 is 1.97 bits per heavy atom. The fourth-order valence-electron chi connectivity index (χ4n) is 3.53. The summed E-state index contributed by atoms with van der Waals surface area (Å²) in [6.07, 6.45) is 1.02. The molecule has 0 spiro atoms. The molecule has 1 amide bonds. The van der Waals surface area contributed by atoms with E-state index in [0.717, 1.165) is 21.7 Å². The molecular weight excluding hydrogens is 545 g/mol. The minimum absolute atomic E-state index is 0.0608. The molecule has 0 aromatic heterocycles. The van der Waals surface area contributed by atoms with Gasteiger partial charge >= 0.3 is 0 Å². The van der Waals surface area contributed by atoms with Crippen molar-refractivity contribution in [1.82, 2.24) is 4.31 Å². The summed E-state index contributed by atoms with van der Waals surface area (Å²) in [5, 5.41) is 0.880. The highest BCUT2D eigenvalue weighted by molar-refractivity contribution is 7.88. The molecule has 36 heavy (non-hydrogen) atoms. The average molecular weight is 579 g/mol. The Labute approximate surface area is 229 Å². The predicted octanol–water partition coefficient (Wildman–Crippen LogP) is 6.40. The number of sulfonamides is 1. The quantitative estimate of drug-likeness (QED) is 0.273. The molecule has 0 aliphatic rings. The second kappa shape index (κ2) is 12.7. The van der Waals surface area contributed by atoms with Crippen LogP contribution >= 0.6 is 34.8 Å². The first-order valence-corrected chi connectivity index (χ1v) is 14.7. The number of carbonyl (C=O) groups excluding carboxylic acids is 1. The lowest BCUT2D eigenvalue weighted by Gasteiger charge is -2.27. The van der Waals surface area contributed by atoms with Gasteiger partial charge in [0.1, 0.15) is 5.75 Å². The van der Waals surface area contributed by atoms with Crippen molar-refractivity contribution in [2.75, 3.05) is 31.9 Å². The van der Waals surface area contributed by atoms with Crippen LogP contribution in [0.5, 0.6) is 11.5 Å². The van der Waals surface area contributed by atoms with Gasteiger partial charge in [-0.05, 0) is 35.4 Å². The molecule has 0 aliphatic carbocycles. The first-order valence-electron chi connectivity index (χ1n) is 11.6. The zero-order valence-electron chi connectivity index (χ0n) is 21.5. The Bertz CT molecular complexity index is 1130. The number of nitrogens with zero attached hydrogens (tertiary/aromatic N) is 1. The van der Waals surface area contributed by atoms with E-state index in [0.29, 0.717) is 34.0 Å². The van der Waals surface area contributed by atoms with Gasteiger partial charge in [-0.2, -0.15) is 0 Å². The first-order chi connectivity index (χ1) is 16.7. The summed E-state index contributed by atoms with van der Waals surface area (Å²) in [5.74, 6) is 1.05. The summed E-state index contributed by atoms with van der Waals surface area (Å²) in [5.41, 5.74) is 1.56. The highest BCUT2D eigenvalue weighted by Gasteiger charge is 2.26. The van der Waals surface area contributed by atoms with Crippen LogP contribution in [0.15, 0.2) is 36.4 Å². The van der Waals surface area contributed by atoms with Gasteiger partial charge in [-0.1, -0.05) is 63.0 Å². The standard InChI is InChI=1S/C26H34Cl3NO5S/c1-17(13-27)15-35-25-23(28)11-21(12-24(25)29)26(4,5)20-7-9-22(10-8-20)34-16-18(2)14-30(19(3)31)36(6,32)33/h7-12,17-18H,13-16H2,1-6H3/t17-,18+/m1/s1. The van der Waals surface area contributed by atoms with Crippen LogP contribution in [-0.2, 0) is 20.2 Å². The fourth-order valence-corrected chi connectivity index (χ4v) is 5.21. The lowest BCUT2D eigenvalue weighted by molar-refractivity contribution is -0.124. The number of hydrogen-bond donors (Lipinski definition) is 0. The Kier molecular flexibility index (Phi) is 10.8. The lowest BCUT2D eigenvalue weighted by atomic mass is 9.78. The second-order valence-electron chi connectivity index (χ2n) is 9.72. The van der Waals surface area contributed by atoms with E-state index in [4.69, 9.17) is 44.3 Å². The molecule has 0 unspecified atom stereocenters. The van der Waals surface area contributed by atoms with Gasteiger partial charge in [0.2, 0.25) is 15.9 Å². The molecule has 2 aromatic rings. The zero-order valence-corrected chi connectivity index (χ0v) is 24.6. The molecule has 0 N–H and O–H groups in total. The Morgan fingerprint density at radius 2 is 1.50 bits per heavy atom. The van der Waals surface area contributed by atoms with Gasteiger partial charge in [0, 0.05) is 36.6 Å². The van der Waals surface area contributed by atoms with E-state index in [2.05, 4.69) is 13.8 Å². The monoisotopic (exact) mass is 577 g/mol. The van der Waals surface area contributed by atoms with E-state index in [1.807, 2.05) is 50.2 Å². The number of carbonyl (C=O) groups is 1. The van der Waals surface area contributed by atoms with Crippen LogP contribution in [-0.4, -0.2) is 50.5 Å². The van der Waals surface area contributed by atoms with Crippen molar-refractivity contribution in [2.24, 2.45) is 11.8 Å². The SMILES string of the molecule is CC(=O)N(C[C@H](C)COc1ccc(C(C)(C)c2cc(Cl)c(OC[C@H](C)CCl)c(Cl)c2)cc1)S(C)(=O)=O. The summed E-state index contributed by atoms with van der Waals surface area (Å²) < 4.78 is 36.1. The summed E-state index contributed by atoms with van der Waals surface area (Å²) >= 11 is 18.9. The number of hydrogen-bond acceptors (Lipinski definition) is 5. The van der Waals surface area contributed by atoms with E-state index < -0.39 is 21.3 Å². The number of amides is 1. The summed E-state index contributed by atoms with van der Waals surface area (Å²) in [6, 6.07) is 11.4. The summed E-state index contributed by atoms with van der Waals surface area (Å²) in [4.78, 5) is 11.7. The molecule has 2 atom stereocenters. The van der Waals surface area contributed by atoms with Crippen molar-refractivity contribution in [3.05, 3.63) is 57.6 Å². The first kappa shape index (κ1) is 30.6.